The number of hydrogen-bond donors (Lipinski definition) is 1. The van der Waals surface area contributed by atoms with Gasteiger partial charge in [-0.2, -0.15) is 14.3 Å². The quantitative estimate of drug-likeness (QED) is 0.419. The number of nitrogens with zero attached hydrogens (tertiary/aromatic N) is 6. The SMILES string of the molecule is CCCCOc1c(OC)cccc1[C@H]1CC(=O)Nc2c1c(C)nn2-c1ccc2nnc(C)n2n1. The van der Waals surface area contributed by atoms with E-state index in [9.17, 15) is 4.79 Å². The van der Waals surface area contributed by atoms with Crippen molar-refractivity contribution in [1.29, 1.82) is 0 Å². The van der Waals surface area contributed by atoms with E-state index in [0.717, 1.165) is 29.7 Å². The average Bonchev–Trinajstić information content (AvgIpc) is 3.38. The molecular weight excluding hydrogens is 434 g/mol. The first-order chi connectivity index (χ1) is 16.5. The van der Waals surface area contributed by atoms with Crippen LogP contribution in [0.3, 0.4) is 0 Å². The van der Waals surface area contributed by atoms with Gasteiger partial charge in [0.2, 0.25) is 5.91 Å². The summed E-state index contributed by atoms with van der Waals surface area (Å²) < 4.78 is 15.1. The maximum atomic E-state index is 12.9. The Balaban J connectivity index is 1.63. The smallest absolute Gasteiger partial charge is 0.226 e. The Morgan fingerprint density at radius 2 is 2.00 bits per heavy atom. The number of aromatic nitrogens is 6. The number of ether oxygens (including phenoxy) is 2. The number of nitrogens with one attached hydrogen (secondary N) is 1. The van der Waals surface area contributed by atoms with Gasteiger partial charge in [-0.3, -0.25) is 4.79 Å². The van der Waals surface area contributed by atoms with E-state index in [0.29, 0.717) is 41.2 Å². The van der Waals surface area contributed by atoms with Crippen LogP contribution in [0, 0.1) is 13.8 Å². The molecule has 0 saturated carbocycles. The van der Waals surface area contributed by atoms with Crippen molar-refractivity contribution < 1.29 is 14.3 Å². The largest absolute Gasteiger partial charge is 0.493 e. The van der Waals surface area contributed by atoms with Crippen molar-refractivity contribution in [3.8, 4) is 17.3 Å². The van der Waals surface area contributed by atoms with Crippen molar-refractivity contribution in [1.82, 2.24) is 29.6 Å². The molecule has 0 unspecified atom stereocenters. The van der Waals surface area contributed by atoms with Crippen LogP contribution in [0.1, 0.15) is 54.7 Å². The van der Waals surface area contributed by atoms with Gasteiger partial charge in [0, 0.05) is 23.5 Å². The van der Waals surface area contributed by atoms with Crippen LogP contribution in [-0.2, 0) is 4.79 Å². The number of hydrogen-bond acceptors (Lipinski definition) is 7. The normalized spacial score (nSPS) is 15.3. The van der Waals surface area contributed by atoms with Crippen LogP contribution in [0.5, 0.6) is 11.5 Å². The van der Waals surface area contributed by atoms with Crippen molar-refractivity contribution >= 4 is 17.4 Å². The van der Waals surface area contributed by atoms with Crippen LogP contribution < -0.4 is 14.8 Å². The Kier molecular flexibility index (Phi) is 5.64. The molecule has 0 radical (unpaired) electrons. The zero-order valence-electron chi connectivity index (χ0n) is 19.7. The first kappa shape index (κ1) is 21.9. The number of fused-ring (bicyclic) bond motifs is 2. The maximum absolute atomic E-state index is 12.9. The molecule has 0 bridgehead atoms. The Bertz CT molecular complexity index is 1370. The van der Waals surface area contributed by atoms with Gasteiger partial charge in [-0.1, -0.05) is 25.5 Å². The Morgan fingerprint density at radius 3 is 2.79 bits per heavy atom. The van der Waals surface area contributed by atoms with Crippen molar-refractivity contribution in [2.24, 2.45) is 0 Å². The molecule has 1 atom stereocenters. The molecule has 10 nitrogen and oxygen atoms in total. The number of carbonyl (C=O) groups is 1. The predicted molar refractivity (Wildman–Crippen MR) is 126 cm³/mol. The summed E-state index contributed by atoms with van der Waals surface area (Å²) in [5, 5.41) is 20.6. The average molecular weight is 462 g/mol. The second kappa shape index (κ2) is 8.77. The molecule has 5 rings (SSSR count). The molecule has 1 aliphatic heterocycles. The lowest BCUT2D eigenvalue weighted by molar-refractivity contribution is -0.116. The fourth-order valence-corrected chi connectivity index (χ4v) is 4.42. The first-order valence-corrected chi connectivity index (χ1v) is 11.4. The molecule has 10 heteroatoms. The van der Waals surface area contributed by atoms with Crippen LogP contribution in [-0.4, -0.2) is 49.2 Å². The van der Waals surface area contributed by atoms with E-state index < -0.39 is 0 Å². The van der Waals surface area contributed by atoms with Gasteiger partial charge in [-0.25, -0.2) is 0 Å². The lowest BCUT2D eigenvalue weighted by Gasteiger charge is -2.26. The monoisotopic (exact) mass is 461 g/mol. The summed E-state index contributed by atoms with van der Waals surface area (Å²) in [5.74, 6) is 2.84. The van der Waals surface area contributed by atoms with Gasteiger partial charge in [0.1, 0.15) is 5.82 Å². The maximum Gasteiger partial charge on any atom is 0.226 e. The van der Waals surface area contributed by atoms with Crippen LogP contribution in [0.4, 0.5) is 5.82 Å². The van der Waals surface area contributed by atoms with Gasteiger partial charge in [0.05, 0.1) is 19.4 Å². The summed E-state index contributed by atoms with van der Waals surface area (Å²) >= 11 is 0. The highest BCUT2D eigenvalue weighted by Crippen LogP contribution is 2.45. The molecule has 3 aromatic heterocycles. The summed E-state index contributed by atoms with van der Waals surface area (Å²) in [6.45, 7) is 6.48. The Labute approximate surface area is 196 Å². The fourth-order valence-electron chi connectivity index (χ4n) is 4.42. The highest BCUT2D eigenvalue weighted by Gasteiger charge is 2.35. The minimum absolute atomic E-state index is 0.0949. The van der Waals surface area contributed by atoms with E-state index in [1.165, 1.54) is 0 Å². The number of benzene rings is 1. The van der Waals surface area contributed by atoms with Crippen molar-refractivity contribution in [3.05, 3.63) is 53.0 Å². The second-order valence-electron chi connectivity index (χ2n) is 8.35. The zero-order valence-corrected chi connectivity index (χ0v) is 19.7. The molecule has 4 heterocycles. The van der Waals surface area contributed by atoms with Gasteiger partial charge >= 0.3 is 0 Å². The van der Waals surface area contributed by atoms with E-state index in [4.69, 9.17) is 14.6 Å². The van der Waals surface area contributed by atoms with Crippen LogP contribution in [0.25, 0.3) is 11.5 Å². The molecule has 0 spiro atoms. The summed E-state index contributed by atoms with van der Waals surface area (Å²) in [7, 11) is 1.63. The standard InChI is InChI=1S/C24H27N7O3/c1-5-6-12-34-23-16(8-7-9-18(23)33-4)17-13-21(32)25-24-22(17)14(2)28-31(24)20-11-10-19-27-26-15(3)30(19)29-20/h7-11,17H,5-6,12-13H2,1-4H3,(H,25,32)/t17-/m1/s1. The molecule has 0 fully saturated rings. The number of carbonyl (C=O) groups excluding carboxylic acids is 1. The highest BCUT2D eigenvalue weighted by atomic mass is 16.5. The number of aryl methyl sites for hydroxylation is 2. The van der Waals surface area contributed by atoms with Crippen molar-refractivity contribution in [2.45, 2.75) is 46.0 Å². The second-order valence-corrected chi connectivity index (χ2v) is 8.35. The fraction of sp³-hybridized carbons (Fsp3) is 0.375. The molecular formula is C24H27N7O3. The van der Waals surface area contributed by atoms with Gasteiger partial charge in [-0.05, 0) is 38.5 Å². The van der Waals surface area contributed by atoms with Gasteiger partial charge in [-0.15, -0.1) is 15.3 Å². The molecule has 0 aliphatic carbocycles. The summed E-state index contributed by atoms with van der Waals surface area (Å²) in [6, 6.07) is 9.45. The van der Waals surface area contributed by atoms with E-state index in [-0.39, 0.29) is 18.2 Å². The predicted octanol–water partition coefficient (Wildman–Crippen LogP) is 3.59. The Hall–Kier alpha value is -3.95. The number of anilines is 1. The van der Waals surface area contributed by atoms with Crippen LogP contribution in [0.2, 0.25) is 0 Å². The molecule has 34 heavy (non-hydrogen) atoms. The van der Waals surface area contributed by atoms with E-state index in [1.54, 1.807) is 16.3 Å². The third kappa shape index (κ3) is 3.64. The molecule has 4 aromatic rings. The molecule has 1 aliphatic rings. The van der Waals surface area contributed by atoms with Gasteiger partial charge in [0.25, 0.3) is 0 Å². The third-order valence-electron chi connectivity index (χ3n) is 6.07. The van der Waals surface area contributed by atoms with Crippen molar-refractivity contribution in [2.75, 3.05) is 19.0 Å². The lowest BCUT2D eigenvalue weighted by Crippen LogP contribution is -2.25. The number of unbranched alkanes of at least 4 members (excludes halogenated alkanes) is 1. The lowest BCUT2D eigenvalue weighted by atomic mass is 9.85. The first-order valence-electron chi connectivity index (χ1n) is 11.4. The zero-order chi connectivity index (χ0) is 23.8. The number of amides is 1. The topological polar surface area (TPSA) is 108 Å². The van der Waals surface area contributed by atoms with Crippen molar-refractivity contribution in [3.63, 3.8) is 0 Å². The van der Waals surface area contributed by atoms with Crippen LogP contribution >= 0.6 is 0 Å². The third-order valence-corrected chi connectivity index (χ3v) is 6.07. The minimum atomic E-state index is -0.232. The van der Waals surface area contributed by atoms with E-state index in [2.05, 4.69) is 27.5 Å². The van der Waals surface area contributed by atoms with E-state index >= 15 is 0 Å². The van der Waals surface area contributed by atoms with E-state index in [1.807, 2.05) is 44.2 Å². The van der Waals surface area contributed by atoms with Gasteiger partial charge in [0.15, 0.2) is 28.8 Å². The Morgan fingerprint density at radius 1 is 1.15 bits per heavy atom. The molecule has 176 valence electrons. The molecule has 1 N–H and O–H groups in total. The summed E-state index contributed by atoms with van der Waals surface area (Å²) in [6.07, 6.45) is 2.24. The van der Waals surface area contributed by atoms with Gasteiger partial charge < -0.3 is 14.8 Å². The highest BCUT2D eigenvalue weighted by molar-refractivity contribution is 5.95. The minimum Gasteiger partial charge on any atom is -0.493 e. The number of para-hydroxylation sites is 1. The molecule has 0 saturated heterocycles. The number of rotatable bonds is 7. The number of methoxy groups -OCH3 is 1. The summed E-state index contributed by atoms with van der Waals surface area (Å²) in [4.78, 5) is 12.9. The van der Waals surface area contributed by atoms with Crippen LogP contribution in [0.15, 0.2) is 30.3 Å². The molecule has 1 amide bonds. The summed E-state index contributed by atoms with van der Waals surface area (Å²) in [5.41, 5.74) is 3.30. The molecule has 1 aromatic carbocycles.